The van der Waals surface area contributed by atoms with Crippen molar-refractivity contribution in [2.45, 2.75) is 26.3 Å². The van der Waals surface area contributed by atoms with Gasteiger partial charge in [-0.15, -0.1) is 0 Å². The summed E-state index contributed by atoms with van der Waals surface area (Å²) < 4.78 is 0. The van der Waals surface area contributed by atoms with Crippen molar-refractivity contribution in [1.29, 1.82) is 0 Å². The molecule has 2 N–H and O–H groups in total. The van der Waals surface area contributed by atoms with Gasteiger partial charge in [0, 0.05) is 19.1 Å². The number of carbonyl (C=O) groups is 1. The Kier molecular flexibility index (Phi) is 6.38. The van der Waals surface area contributed by atoms with Crippen molar-refractivity contribution >= 4 is 5.91 Å². The molecule has 0 bridgehead atoms. The van der Waals surface area contributed by atoms with Crippen LogP contribution in [0.25, 0.3) is 0 Å². The largest absolute Gasteiger partial charge is 0.351 e. The quantitative estimate of drug-likeness (QED) is 0.454. The van der Waals surface area contributed by atoms with E-state index in [4.69, 9.17) is 0 Å². The maximum absolute atomic E-state index is 10.7. The molecule has 1 unspecified atom stereocenters. The Hall–Kier alpha value is -0.830. The molecule has 0 aliphatic rings. The summed E-state index contributed by atoms with van der Waals surface area (Å²) in [6, 6.07) is 0.519. The Morgan fingerprint density at radius 1 is 1.58 bits per heavy atom. The van der Waals surface area contributed by atoms with Gasteiger partial charge < -0.3 is 10.6 Å². The summed E-state index contributed by atoms with van der Waals surface area (Å²) in [7, 11) is 0. The Morgan fingerprint density at radius 3 is 2.75 bits per heavy atom. The second-order valence-electron chi connectivity index (χ2n) is 2.76. The summed E-state index contributed by atoms with van der Waals surface area (Å²) in [6.07, 6.45) is 2.39. The number of carbonyl (C=O) groups excluding carboxylic acids is 1. The van der Waals surface area contributed by atoms with Gasteiger partial charge in [0.25, 0.3) is 0 Å². The van der Waals surface area contributed by atoms with Crippen molar-refractivity contribution in [3.8, 4) is 0 Å². The number of amides is 1. The first kappa shape index (κ1) is 11.2. The van der Waals surface area contributed by atoms with Crippen LogP contribution in [-0.2, 0) is 4.79 Å². The molecule has 0 spiro atoms. The van der Waals surface area contributed by atoms with Crippen molar-refractivity contribution in [1.82, 2.24) is 10.6 Å². The van der Waals surface area contributed by atoms with Crippen molar-refractivity contribution in [3.63, 3.8) is 0 Å². The topological polar surface area (TPSA) is 41.1 Å². The van der Waals surface area contributed by atoms with E-state index in [1.807, 2.05) is 0 Å². The fourth-order valence-corrected chi connectivity index (χ4v) is 0.721. The van der Waals surface area contributed by atoms with E-state index in [9.17, 15) is 4.79 Å². The van der Waals surface area contributed by atoms with Crippen LogP contribution in [0.1, 0.15) is 20.3 Å². The highest BCUT2D eigenvalue weighted by Crippen LogP contribution is 1.84. The average Bonchev–Trinajstić information content (AvgIpc) is 2.11. The molecule has 0 aliphatic heterocycles. The number of hydrogen-bond acceptors (Lipinski definition) is 2. The van der Waals surface area contributed by atoms with Gasteiger partial charge >= 0.3 is 0 Å². The Bertz CT molecular complexity index is 145. The lowest BCUT2D eigenvalue weighted by Gasteiger charge is -2.10. The van der Waals surface area contributed by atoms with E-state index in [2.05, 4.69) is 31.1 Å². The van der Waals surface area contributed by atoms with E-state index >= 15 is 0 Å². The van der Waals surface area contributed by atoms with Gasteiger partial charge in [-0.1, -0.05) is 13.5 Å². The zero-order valence-corrected chi connectivity index (χ0v) is 7.89. The molecular weight excluding hydrogens is 152 g/mol. The third kappa shape index (κ3) is 5.92. The van der Waals surface area contributed by atoms with Crippen LogP contribution >= 0.6 is 0 Å². The van der Waals surface area contributed by atoms with E-state index in [-0.39, 0.29) is 5.91 Å². The minimum absolute atomic E-state index is 0.110. The fraction of sp³-hybridized carbons (Fsp3) is 0.667. The SMILES string of the molecule is C=CC(=O)NCCNC(C)CC. The lowest BCUT2D eigenvalue weighted by Crippen LogP contribution is -2.34. The van der Waals surface area contributed by atoms with Gasteiger partial charge in [-0.3, -0.25) is 4.79 Å². The first-order chi connectivity index (χ1) is 5.70. The second kappa shape index (κ2) is 6.85. The molecule has 1 atom stereocenters. The van der Waals surface area contributed by atoms with Crippen LogP contribution in [0, 0.1) is 0 Å². The third-order valence-electron chi connectivity index (χ3n) is 1.71. The lowest BCUT2D eigenvalue weighted by molar-refractivity contribution is -0.116. The molecule has 0 saturated heterocycles. The molecule has 0 heterocycles. The first-order valence-electron chi connectivity index (χ1n) is 4.34. The highest BCUT2D eigenvalue weighted by molar-refractivity contribution is 5.86. The number of hydrogen-bond donors (Lipinski definition) is 2. The van der Waals surface area contributed by atoms with E-state index < -0.39 is 0 Å². The van der Waals surface area contributed by atoms with E-state index in [0.29, 0.717) is 12.6 Å². The van der Waals surface area contributed by atoms with Crippen LogP contribution in [0.4, 0.5) is 0 Å². The van der Waals surface area contributed by atoms with Gasteiger partial charge in [0.05, 0.1) is 0 Å². The Balaban J connectivity index is 3.21. The standard InChI is InChI=1S/C9H18N2O/c1-4-8(3)10-6-7-11-9(12)5-2/h5,8,10H,2,4,6-7H2,1,3H3,(H,11,12). The van der Waals surface area contributed by atoms with Gasteiger partial charge in [-0.05, 0) is 19.4 Å². The van der Waals surface area contributed by atoms with E-state index in [1.54, 1.807) is 0 Å². The van der Waals surface area contributed by atoms with Gasteiger partial charge in [-0.2, -0.15) is 0 Å². The molecular formula is C9H18N2O. The fourth-order valence-electron chi connectivity index (χ4n) is 0.721. The van der Waals surface area contributed by atoms with Gasteiger partial charge in [0.2, 0.25) is 5.91 Å². The molecule has 0 aromatic carbocycles. The summed E-state index contributed by atoms with van der Waals surface area (Å²) in [6.45, 7) is 9.08. The maximum atomic E-state index is 10.7. The maximum Gasteiger partial charge on any atom is 0.243 e. The number of nitrogens with one attached hydrogen (secondary N) is 2. The summed E-state index contributed by atoms with van der Waals surface area (Å²) in [4.78, 5) is 10.7. The smallest absolute Gasteiger partial charge is 0.243 e. The van der Waals surface area contributed by atoms with Crippen LogP contribution in [0.2, 0.25) is 0 Å². The third-order valence-corrected chi connectivity index (χ3v) is 1.71. The van der Waals surface area contributed by atoms with Gasteiger partial charge in [0.1, 0.15) is 0 Å². The molecule has 0 aliphatic carbocycles. The average molecular weight is 170 g/mol. The van der Waals surface area contributed by atoms with Crippen LogP contribution in [0.3, 0.4) is 0 Å². The van der Waals surface area contributed by atoms with Crippen LogP contribution in [0.5, 0.6) is 0 Å². The van der Waals surface area contributed by atoms with Crippen LogP contribution in [-0.4, -0.2) is 25.0 Å². The summed E-state index contributed by atoms with van der Waals surface area (Å²) in [5, 5.41) is 5.96. The molecule has 70 valence electrons. The second-order valence-corrected chi connectivity index (χ2v) is 2.76. The number of rotatable bonds is 6. The molecule has 0 saturated carbocycles. The summed E-state index contributed by atoms with van der Waals surface area (Å²) in [5.74, 6) is -0.110. The highest BCUT2D eigenvalue weighted by atomic mass is 16.1. The van der Waals surface area contributed by atoms with Crippen molar-refractivity contribution in [2.75, 3.05) is 13.1 Å². The van der Waals surface area contributed by atoms with Crippen LogP contribution < -0.4 is 10.6 Å². The Labute approximate surface area is 74.2 Å². The molecule has 3 nitrogen and oxygen atoms in total. The monoisotopic (exact) mass is 170 g/mol. The molecule has 12 heavy (non-hydrogen) atoms. The molecule has 0 aromatic rings. The predicted octanol–water partition coefficient (Wildman–Crippen LogP) is 0.677. The zero-order chi connectivity index (χ0) is 9.40. The summed E-state index contributed by atoms with van der Waals surface area (Å²) in [5.41, 5.74) is 0. The predicted molar refractivity (Wildman–Crippen MR) is 51.0 cm³/mol. The minimum Gasteiger partial charge on any atom is -0.351 e. The summed E-state index contributed by atoms with van der Waals surface area (Å²) >= 11 is 0. The Morgan fingerprint density at radius 2 is 2.25 bits per heavy atom. The van der Waals surface area contributed by atoms with Gasteiger partial charge in [-0.25, -0.2) is 0 Å². The zero-order valence-electron chi connectivity index (χ0n) is 7.89. The minimum atomic E-state index is -0.110. The van der Waals surface area contributed by atoms with Gasteiger partial charge in [0.15, 0.2) is 0 Å². The molecule has 0 aromatic heterocycles. The molecule has 0 radical (unpaired) electrons. The molecule has 3 heteroatoms. The molecule has 0 rings (SSSR count). The first-order valence-corrected chi connectivity index (χ1v) is 4.34. The van der Waals surface area contributed by atoms with Crippen molar-refractivity contribution in [3.05, 3.63) is 12.7 Å². The molecule has 0 fully saturated rings. The van der Waals surface area contributed by atoms with E-state index in [1.165, 1.54) is 6.08 Å². The van der Waals surface area contributed by atoms with Crippen molar-refractivity contribution < 1.29 is 4.79 Å². The lowest BCUT2D eigenvalue weighted by atomic mass is 10.3. The highest BCUT2D eigenvalue weighted by Gasteiger charge is 1.96. The molecule has 1 amide bonds. The van der Waals surface area contributed by atoms with Crippen molar-refractivity contribution in [2.24, 2.45) is 0 Å². The van der Waals surface area contributed by atoms with E-state index in [0.717, 1.165) is 13.0 Å². The normalized spacial score (nSPS) is 12.2. The van der Waals surface area contributed by atoms with Crippen LogP contribution in [0.15, 0.2) is 12.7 Å².